The predicted octanol–water partition coefficient (Wildman–Crippen LogP) is 3.52. The average molecular weight is 396 g/mol. The van der Waals surface area contributed by atoms with Gasteiger partial charge in [0.05, 0.1) is 26.9 Å². The van der Waals surface area contributed by atoms with Gasteiger partial charge < -0.3 is 23.5 Å². The minimum Gasteiger partial charge on any atom is -0.497 e. The molecule has 0 fully saturated rings. The molecular formula is C21H20N2O6. The van der Waals surface area contributed by atoms with Crippen LogP contribution in [0.5, 0.6) is 17.2 Å². The largest absolute Gasteiger partial charge is 0.497 e. The van der Waals surface area contributed by atoms with Gasteiger partial charge in [-0.2, -0.15) is 4.98 Å². The van der Waals surface area contributed by atoms with Crippen LogP contribution in [0.3, 0.4) is 0 Å². The van der Waals surface area contributed by atoms with Gasteiger partial charge in [-0.05, 0) is 24.3 Å². The van der Waals surface area contributed by atoms with Crippen LogP contribution in [0.4, 0.5) is 0 Å². The first-order chi connectivity index (χ1) is 14.1. The van der Waals surface area contributed by atoms with E-state index in [0.717, 1.165) is 5.56 Å². The van der Waals surface area contributed by atoms with E-state index in [1.54, 1.807) is 44.6 Å². The van der Waals surface area contributed by atoms with E-state index in [-0.39, 0.29) is 12.5 Å². The van der Waals surface area contributed by atoms with Gasteiger partial charge in [-0.1, -0.05) is 23.4 Å². The second-order valence-electron chi connectivity index (χ2n) is 5.76. The molecule has 3 rings (SSSR count). The summed E-state index contributed by atoms with van der Waals surface area (Å²) in [6.07, 6.45) is 2.92. The van der Waals surface area contributed by atoms with Crippen molar-refractivity contribution in [3.8, 4) is 28.6 Å². The lowest BCUT2D eigenvalue weighted by Crippen LogP contribution is -2.01. The first kappa shape index (κ1) is 19.9. The summed E-state index contributed by atoms with van der Waals surface area (Å²) < 4.78 is 26.0. The summed E-state index contributed by atoms with van der Waals surface area (Å²) in [5, 5.41) is 3.91. The number of ether oxygens (including phenoxy) is 4. The molecule has 0 saturated carbocycles. The Labute approximate surface area is 167 Å². The van der Waals surface area contributed by atoms with Crippen LogP contribution in [0.15, 0.2) is 53.1 Å². The van der Waals surface area contributed by atoms with Crippen LogP contribution in [0.2, 0.25) is 0 Å². The molecule has 0 aliphatic rings. The quantitative estimate of drug-likeness (QED) is 0.422. The van der Waals surface area contributed by atoms with Crippen LogP contribution in [-0.2, 0) is 16.1 Å². The lowest BCUT2D eigenvalue weighted by Gasteiger charge is -2.07. The zero-order valence-electron chi connectivity index (χ0n) is 16.2. The third kappa shape index (κ3) is 4.92. The molecule has 0 unspecified atom stereocenters. The van der Waals surface area contributed by atoms with E-state index in [0.29, 0.717) is 28.6 Å². The van der Waals surface area contributed by atoms with Crippen molar-refractivity contribution in [1.29, 1.82) is 0 Å². The second kappa shape index (κ2) is 9.41. The summed E-state index contributed by atoms with van der Waals surface area (Å²) in [7, 11) is 4.67. The first-order valence-corrected chi connectivity index (χ1v) is 8.67. The molecule has 0 spiro atoms. The lowest BCUT2D eigenvalue weighted by molar-refractivity contribution is -0.139. The second-order valence-corrected chi connectivity index (χ2v) is 5.76. The molecule has 0 radical (unpaired) electrons. The summed E-state index contributed by atoms with van der Waals surface area (Å²) >= 11 is 0. The van der Waals surface area contributed by atoms with E-state index in [2.05, 4.69) is 10.1 Å². The van der Waals surface area contributed by atoms with Gasteiger partial charge >= 0.3 is 5.97 Å². The maximum absolute atomic E-state index is 12.0. The van der Waals surface area contributed by atoms with Crippen LogP contribution in [-0.4, -0.2) is 37.4 Å². The number of carbonyl (C=O) groups excluding carboxylic acids is 1. The standard InChI is InChI=1S/C21H20N2O6/c1-25-15-9-10-16(18(12-15)27-3)21-22-19(29-23-21)13-28-20(24)11-8-14-6-4-5-7-17(14)26-2/h4-12H,13H2,1-3H3/b11-8+. The van der Waals surface area contributed by atoms with Crippen LogP contribution >= 0.6 is 0 Å². The maximum atomic E-state index is 12.0. The molecule has 150 valence electrons. The molecular weight excluding hydrogens is 376 g/mol. The molecule has 0 aliphatic heterocycles. The Morgan fingerprint density at radius 1 is 1.03 bits per heavy atom. The highest BCUT2D eigenvalue weighted by Crippen LogP contribution is 2.31. The molecule has 8 nitrogen and oxygen atoms in total. The van der Waals surface area contributed by atoms with Crippen molar-refractivity contribution in [2.45, 2.75) is 6.61 Å². The lowest BCUT2D eigenvalue weighted by atomic mass is 10.2. The van der Waals surface area contributed by atoms with E-state index >= 15 is 0 Å². The Kier molecular flexibility index (Phi) is 6.47. The number of carbonyl (C=O) groups is 1. The van der Waals surface area contributed by atoms with E-state index in [1.807, 2.05) is 18.2 Å². The van der Waals surface area contributed by atoms with Crippen LogP contribution < -0.4 is 14.2 Å². The fourth-order valence-electron chi connectivity index (χ4n) is 2.55. The SMILES string of the molecule is COc1ccc(-c2noc(COC(=O)/C=C/c3ccccc3OC)n2)c(OC)c1. The molecule has 1 heterocycles. The van der Waals surface area contributed by atoms with Gasteiger partial charge in [0, 0.05) is 17.7 Å². The van der Waals surface area contributed by atoms with Crippen molar-refractivity contribution in [2.75, 3.05) is 21.3 Å². The van der Waals surface area contributed by atoms with Crippen molar-refractivity contribution in [3.63, 3.8) is 0 Å². The van der Waals surface area contributed by atoms with Gasteiger partial charge in [0.25, 0.3) is 5.89 Å². The van der Waals surface area contributed by atoms with Crippen molar-refractivity contribution >= 4 is 12.0 Å². The number of hydrogen-bond donors (Lipinski definition) is 0. The number of para-hydroxylation sites is 1. The van der Waals surface area contributed by atoms with Crippen molar-refractivity contribution in [1.82, 2.24) is 10.1 Å². The van der Waals surface area contributed by atoms with Gasteiger partial charge in [-0.15, -0.1) is 0 Å². The highest BCUT2D eigenvalue weighted by molar-refractivity contribution is 5.87. The molecule has 0 N–H and O–H groups in total. The average Bonchev–Trinajstić information content (AvgIpc) is 3.24. The van der Waals surface area contributed by atoms with Gasteiger partial charge in [0.15, 0.2) is 6.61 Å². The molecule has 2 aromatic carbocycles. The Morgan fingerprint density at radius 3 is 2.59 bits per heavy atom. The van der Waals surface area contributed by atoms with Gasteiger partial charge in [0.2, 0.25) is 5.82 Å². The third-order valence-corrected chi connectivity index (χ3v) is 3.99. The van der Waals surface area contributed by atoms with E-state index in [4.69, 9.17) is 23.5 Å². The Hall–Kier alpha value is -3.81. The fraction of sp³-hybridized carbons (Fsp3) is 0.190. The molecule has 0 aliphatic carbocycles. The summed E-state index contributed by atoms with van der Waals surface area (Å²) in [6, 6.07) is 12.6. The molecule has 1 aromatic heterocycles. The van der Waals surface area contributed by atoms with E-state index < -0.39 is 5.97 Å². The topological polar surface area (TPSA) is 92.9 Å². The molecule has 29 heavy (non-hydrogen) atoms. The van der Waals surface area contributed by atoms with Crippen molar-refractivity contribution in [2.24, 2.45) is 0 Å². The summed E-state index contributed by atoms with van der Waals surface area (Å²) in [6.45, 7) is -0.152. The summed E-state index contributed by atoms with van der Waals surface area (Å²) in [5.41, 5.74) is 1.39. The molecule has 0 atom stereocenters. The number of aromatic nitrogens is 2. The predicted molar refractivity (Wildman–Crippen MR) is 105 cm³/mol. The Morgan fingerprint density at radius 2 is 1.83 bits per heavy atom. The van der Waals surface area contributed by atoms with Crippen LogP contribution in [0.25, 0.3) is 17.5 Å². The molecule has 8 heteroatoms. The van der Waals surface area contributed by atoms with E-state index in [9.17, 15) is 4.79 Å². The highest BCUT2D eigenvalue weighted by atomic mass is 16.6. The van der Waals surface area contributed by atoms with Crippen molar-refractivity contribution in [3.05, 3.63) is 60.0 Å². The van der Waals surface area contributed by atoms with Crippen LogP contribution in [0.1, 0.15) is 11.5 Å². The fourth-order valence-corrected chi connectivity index (χ4v) is 2.55. The number of benzene rings is 2. The van der Waals surface area contributed by atoms with Gasteiger partial charge in [0.1, 0.15) is 17.2 Å². The molecule has 0 saturated heterocycles. The first-order valence-electron chi connectivity index (χ1n) is 8.67. The number of esters is 1. The summed E-state index contributed by atoms with van der Waals surface area (Å²) in [4.78, 5) is 16.2. The number of rotatable bonds is 8. The highest BCUT2D eigenvalue weighted by Gasteiger charge is 2.15. The van der Waals surface area contributed by atoms with Crippen LogP contribution in [0, 0.1) is 0 Å². The zero-order chi connectivity index (χ0) is 20.6. The minimum absolute atomic E-state index is 0.152. The monoisotopic (exact) mass is 396 g/mol. The molecule has 0 amide bonds. The Balaban J connectivity index is 1.63. The zero-order valence-corrected chi connectivity index (χ0v) is 16.2. The van der Waals surface area contributed by atoms with E-state index in [1.165, 1.54) is 13.2 Å². The number of hydrogen-bond acceptors (Lipinski definition) is 8. The normalized spacial score (nSPS) is 10.7. The third-order valence-electron chi connectivity index (χ3n) is 3.99. The minimum atomic E-state index is -0.544. The van der Waals surface area contributed by atoms with Gasteiger partial charge in [-0.3, -0.25) is 0 Å². The number of methoxy groups -OCH3 is 3. The smallest absolute Gasteiger partial charge is 0.331 e. The summed E-state index contributed by atoms with van der Waals surface area (Å²) in [5.74, 6) is 1.78. The van der Waals surface area contributed by atoms with Gasteiger partial charge in [-0.25, -0.2) is 4.79 Å². The maximum Gasteiger partial charge on any atom is 0.331 e. The van der Waals surface area contributed by atoms with Crippen molar-refractivity contribution < 1.29 is 28.3 Å². The Bertz CT molecular complexity index is 1010. The molecule has 0 bridgehead atoms. The molecule has 3 aromatic rings. The number of nitrogens with zero attached hydrogens (tertiary/aromatic N) is 2.